The molecule has 0 saturated heterocycles. The van der Waals surface area contributed by atoms with E-state index in [-0.39, 0.29) is 209 Å². The molecule has 4 aromatic carbocycles. The fourth-order valence-electron chi connectivity index (χ4n) is 7.83. The number of amides is 5. The number of aliphatic carboxylic acids is 1. The summed E-state index contributed by atoms with van der Waals surface area (Å²) in [5, 5.41) is 21.7. The molecule has 12 N–H and O–H groups in total. The van der Waals surface area contributed by atoms with Gasteiger partial charge in [0.1, 0.15) is 64.1 Å². The molecule has 4 aromatic rings. The molecule has 29 nitrogen and oxygen atoms in total. The van der Waals surface area contributed by atoms with E-state index in [0.717, 1.165) is 60.7 Å². The molecule has 4 rings (SSSR count). The van der Waals surface area contributed by atoms with E-state index in [2.05, 4.69) is 26.6 Å². The first-order chi connectivity index (χ1) is 37.8. The molecular weight excluding hydrogens is 1240 g/mol. The number of unbranched alkanes of at least 4 members (excludes halogenated alkanes) is 4. The van der Waals surface area contributed by atoms with Gasteiger partial charge in [0.25, 0.3) is 11.8 Å². The van der Waals surface area contributed by atoms with Crippen molar-refractivity contribution in [2.75, 3.05) is 39.4 Å². The molecule has 0 aromatic heterocycles. The van der Waals surface area contributed by atoms with E-state index in [9.17, 15) is 80.6 Å². The van der Waals surface area contributed by atoms with Gasteiger partial charge in [-0.15, -0.1) is 0 Å². The van der Waals surface area contributed by atoms with Crippen molar-refractivity contribution in [2.45, 2.75) is 121 Å². The van der Waals surface area contributed by atoms with Crippen molar-refractivity contribution in [3.8, 4) is 11.5 Å². The summed E-state index contributed by atoms with van der Waals surface area (Å²) in [5.41, 5.74) is 17.5. The summed E-state index contributed by atoms with van der Waals surface area (Å²) in [5.74, 6) is -4.89. The molecule has 85 heavy (non-hydrogen) atoms. The minimum Gasteiger partial charge on any atom is -0.744 e. The van der Waals surface area contributed by atoms with Crippen LogP contribution in [0.15, 0.2) is 80.2 Å². The van der Waals surface area contributed by atoms with Crippen LogP contribution in [0.1, 0.15) is 77.0 Å². The quantitative estimate of drug-likeness (QED) is 0.0117. The van der Waals surface area contributed by atoms with Crippen LogP contribution in [-0.4, -0.2) is 156 Å². The average Bonchev–Trinajstić information content (AvgIpc) is 2.40. The second kappa shape index (κ2) is 38.8. The minimum absolute atomic E-state index is 0. The van der Waals surface area contributed by atoms with Crippen LogP contribution in [0, 0.1) is 0 Å². The van der Waals surface area contributed by atoms with Crippen LogP contribution < -0.4 is 171 Å². The van der Waals surface area contributed by atoms with Crippen LogP contribution in [0.2, 0.25) is 0 Å². The van der Waals surface area contributed by atoms with Crippen molar-refractivity contribution in [1.29, 1.82) is 0 Å². The van der Waals surface area contributed by atoms with Gasteiger partial charge < -0.3 is 76.6 Å². The normalized spacial score (nSPS) is 12.9. The Kier molecular flexibility index (Phi) is 37.6. The first-order valence-corrected chi connectivity index (χ1v) is 30.6. The van der Waals surface area contributed by atoms with Crippen LogP contribution in [0.25, 0.3) is 21.5 Å². The summed E-state index contributed by atoms with van der Waals surface area (Å²) in [6, 6.07) is 5.08. The van der Waals surface area contributed by atoms with Crippen molar-refractivity contribution in [2.24, 2.45) is 17.2 Å². The van der Waals surface area contributed by atoms with Gasteiger partial charge in [0.15, 0.2) is 13.2 Å². The van der Waals surface area contributed by atoms with Gasteiger partial charge >= 0.3 is 124 Å². The SMILES string of the molecule is N[C@@H](CCCCNC(=O)[C@@H](N)CCCCNC(=O)[C@@H](N)CCCCNC(=O)[C@H](CCCCNC(=O)COc1cc(S(=O)(=O)[O-])cc2cc(S(=O)(=O)[O-])ccc12)NC(=O)COc1cc(S(=O)(=O)[O-])cc2cc(S(=O)(=O)[O-])ccc12)C(=O)O.[Na+].[Na+].[Na+].[Na+]. The molecule has 4 atom stereocenters. The van der Waals surface area contributed by atoms with E-state index in [1.807, 2.05) is 0 Å². The average molecular weight is 1310 g/mol. The van der Waals surface area contributed by atoms with Gasteiger partial charge in [0.05, 0.1) is 31.7 Å². The van der Waals surface area contributed by atoms with Crippen molar-refractivity contribution in [3.63, 3.8) is 0 Å². The van der Waals surface area contributed by atoms with E-state index in [1.165, 1.54) is 0 Å². The van der Waals surface area contributed by atoms with E-state index in [0.29, 0.717) is 51.5 Å². The number of hydrogen-bond acceptors (Lipinski definition) is 23. The fourth-order valence-corrected chi connectivity index (χ4v) is 9.89. The molecule has 0 aliphatic heterocycles. The fraction of sp³-hybridized carbons (Fsp3) is 0.458. The molecule has 0 bridgehead atoms. The second-order valence-corrected chi connectivity index (χ2v) is 24.0. The zero-order valence-electron chi connectivity index (χ0n) is 47.3. The minimum atomic E-state index is -5.18. The Morgan fingerprint density at radius 1 is 0.435 bits per heavy atom. The molecular formula is C48H62N8Na4O21S4. The number of benzene rings is 4. The molecule has 448 valence electrons. The Bertz CT molecular complexity index is 3400. The molecule has 0 aliphatic rings. The van der Waals surface area contributed by atoms with Gasteiger partial charge in [0.2, 0.25) is 17.7 Å². The van der Waals surface area contributed by atoms with Gasteiger partial charge in [0, 0.05) is 37.0 Å². The second-order valence-electron chi connectivity index (χ2n) is 18.5. The summed E-state index contributed by atoms with van der Waals surface area (Å²) >= 11 is 0. The number of nitrogens with two attached hydrogens (primary N) is 3. The first kappa shape index (κ1) is 82.3. The van der Waals surface area contributed by atoms with E-state index in [1.54, 1.807) is 0 Å². The van der Waals surface area contributed by atoms with Crippen LogP contribution in [0.5, 0.6) is 11.5 Å². The molecule has 0 fully saturated rings. The molecule has 0 radical (unpaired) electrons. The molecule has 0 heterocycles. The number of rotatable bonds is 35. The number of nitrogens with one attached hydrogen (secondary N) is 5. The van der Waals surface area contributed by atoms with Gasteiger partial charge in [-0.1, -0.05) is 0 Å². The number of hydrogen-bond donors (Lipinski definition) is 9. The maximum atomic E-state index is 13.5. The Hall–Kier alpha value is -2.66. The van der Waals surface area contributed by atoms with Crippen LogP contribution >= 0.6 is 0 Å². The first-order valence-electron chi connectivity index (χ1n) is 25.0. The third-order valence-electron chi connectivity index (χ3n) is 12.2. The molecule has 5 amide bonds. The predicted octanol–water partition coefficient (Wildman–Crippen LogP) is -13.2. The summed E-state index contributed by atoms with van der Waals surface area (Å²) in [4.78, 5) is 72.2. The number of carboxylic acid groups (broad SMARTS) is 1. The van der Waals surface area contributed by atoms with Crippen LogP contribution in [0.4, 0.5) is 0 Å². The van der Waals surface area contributed by atoms with Gasteiger partial charge in [-0.3, -0.25) is 28.8 Å². The van der Waals surface area contributed by atoms with E-state index >= 15 is 0 Å². The molecule has 0 aliphatic carbocycles. The number of carbonyl (C=O) groups excluding carboxylic acids is 5. The number of fused-ring (bicyclic) bond motifs is 2. The molecule has 0 spiro atoms. The maximum absolute atomic E-state index is 13.5. The van der Waals surface area contributed by atoms with Crippen molar-refractivity contribution in [1.82, 2.24) is 26.6 Å². The maximum Gasteiger partial charge on any atom is 1.00 e. The third kappa shape index (κ3) is 28.8. The molecule has 0 unspecified atom stereocenters. The Morgan fingerprint density at radius 3 is 1.14 bits per heavy atom. The molecule has 0 saturated carbocycles. The number of carboxylic acids is 1. The van der Waals surface area contributed by atoms with Crippen molar-refractivity contribution in [3.05, 3.63) is 60.7 Å². The Labute approximate surface area is 580 Å². The van der Waals surface area contributed by atoms with Gasteiger partial charge in [-0.25, -0.2) is 33.7 Å². The summed E-state index contributed by atoms with van der Waals surface area (Å²) in [6.07, 6.45) is 3.92. The van der Waals surface area contributed by atoms with Crippen LogP contribution in [-0.2, 0) is 69.2 Å². The van der Waals surface area contributed by atoms with Gasteiger partial charge in [-0.05, 0) is 148 Å². The zero-order chi connectivity index (χ0) is 60.3. The van der Waals surface area contributed by atoms with E-state index in [4.69, 9.17) is 31.8 Å². The Balaban J connectivity index is 0.0000176. The van der Waals surface area contributed by atoms with E-state index < -0.39 is 127 Å². The van der Waals surface area contributed by atoms with Crippen molar-refractivity contribution < 1.29 is 213 Å². The Morgan fingerprint density at radius 2 is 0.765 bits per heavy atom. The van der Waals surface area contributed by atoms with Crippen LogP contribution in [0.3, 0.4) is 0 Å². The monoisotopic (exact) mass is 1310 g/mol. The largest absolute Gasteiger partial charge is 1.00 e. The number of carbonyl (C=O) groups is 6. The summed E-state index contributed by atoms with van der Waals surface area (Å²) in [6.45, 7) is -1.01. The zero-order valence-corrected chi connectivity index (χ0v) is 58.6. The standard InChI is InChI=1S/C48H66N8O21S4.4Na/c49-37(46(60)54-19-7-3-11-39(51)48(62)63)9-1-5-18-53-45(59)38(50)10-2-6-20-55-47(61)40(56-44(58)28-77-42-26-34(81(73,74)75)24-30-22-32(79(67,68)69)14-16-36(30)42)12-4-8-17-52-43(57)27-76-41-25-33(80(70,71)72)23-29-21-31(78(64,65)66)13-15-35(29)41;;;;/h13-16,21-26,37-40H,1-12,17-20,27-28,49-51H2,(H,52,57)(H,53,59)(H,54,60)(H,55,61)(H,56,58)(H,62,63)(H,64,65,66)(H,67,68,69)(H,70,71,72)(H,73,74,75);;;;/q;4*+1/p-4/t37-,38-,39-,40-;;;;/m0..../s1. The smallest absolute Gasteiger partial charge is 0.744 e. The summed E-state index contributed by atoms with van der Waals surface area (Å²) in [7, 11) is -20.3. The summed E-state index contributed by atoms with van der Waals surface area (Å²) < 4.78 is 152. The topological polar surface area (TPSA) is 508 Å². The number of ether oxygens (including phenoxy) is 2. The predicted molar refractivity (Wildman–Crippen MR) is 282 cm³/mol. The van der Waals surface area contributed by atoms with Gasteiger partial charge in [-0.2, -0.15) is 0 Å². The third-order valence-corrected chi connectivity index (χ3v) is 15.5. The van der Waals surface area contributed by atoms with Crippen molar-refractivity contribution >= 4 is 97.5 Å². The molecule has 37 heteroatoms.